The molecule has 0 unspecified atom stereocenters. The number of carbonyl (C=O) groups excluding carboxylic acids is 1. The molecule has 0 aromatic heterocycles. The van der Waals surface area contributed by atoms with Gasteiger partial charge in [0.25, 0.3) is 0 Å². The average Bonchev–Trinajstić information content (AvgIpc) is 2.71. The molecule has 0 saturated heterocycles. The summed E-state index contributed by atoms with van der Waals surface area (Å²) in [6.07, 6.45) is 2.74. The van der Waals surface area contributed by atoms with Crippen molar-refractivity contribution in [2.75, 3.05) is 6.61 Å². The largest absolute Gasteiger partial charge is 0.419 e. The summed E-state index contributed by atoms with van der Waals surface area (Å²) in [6, 6.07) is 18.9. The van der Waals surface area contributed by atoms with Crippen LogP contribution in [0.4, 0.5) is 4.79 Å². The highest BCUT2D eigenvalue weighted by Crippen LogP contribution is 2.29. The van der Waals surface area contributed by atoms with E-state index in [2.05, 4.69) is 22.6 Å². The molecule has 0 radical (unpaired) electrons. The molecule has 2 aromatic carbocycles. The summed E-state index contributed by atoms with van der Waals surface area (Å²) in [7, 11) is 0. The molecule has 148 valence electrons. The van der Waals surface area contributed by atoms with Crippen LogP contribution in [-0.2, 0) is 11.3 Å². The lowest BCUT2D eigenvalue weighted by Crippen LogP contribution is -2.43. The van der Waals surface area contributed by atoms with Crippen molar-refractivity contribution in [1.82, 2.24) is 4.90 Å². The zero-order valence-corrected chi connectivity index (χ0v) is 17.7. The van der Waals surface area contributed by atoms with E-state index in [0.717, 1.165) is 22.0 Å². The standard InChI is InChI=1S/C22H24INO4/c23-20-15-24(22(26)28-19-11-5-2-6-12-19)18(14-21(20)25)10-7-13-27-16-17-8-3-1-4-9-17/h1-6,8-9,11-12,15,18,21,25H,7,10,13-14,16H2/t18-,21+/m0/s1. The Balaban J connectivity index is 1.52. The second-order valence-electron chi connectivity index (χ2n) is 6.69. The van der Waals surface area contributed by atoms with E-state index >= 15 is 0 Å². The summed E-state index contributed by atoms with van der Waals surface area (Å²) >= 11 is 2.07. The van der Waals surface area contributed by atoms with Crippen LogP contribution >= 0.6 is 22.6 Å². The van der Waals surface area contributed by atoms with Crippen molar-refractivity contribution in [3.05, 3.63) is 76.0 Å². The zero-order chi connectivity index (χ0) is 19.8. The molecule has 1 amide bonds. The maximum absolute atomic E-state index is 12.6. The minimum Gasteiger partial charge on any atom is -0.410 e. The summed E-state index contributed by atoms with van der Waals surface area (Å²) in [5.74, 6) is 0.506. The van der Waals surface area contributed by atoms with Crippen LogP contribution in [0.15, 0.2) is 70.4 Å². The normalized spacial score (nSPS) is 19.2. The van der Waals surface area contributed by atoms with E-state index < -0.39 is 12.2 Å². The first-order chi connectivity index (χ1) is 13.6. The lowest BCUT2D eigenvalue weighted by molar-refractivity contribution is 0.0924. The Kier molecular flexibility index (Phi) is 7.88. The number of halogens is 1. The first kappa shape index (κ1) is 20.8. The Morgan fingerprint density at radius 3 is 2.50 bits per heavy atom. The fraction of sp³-hybridized carbons (Fsp3) is 0.318. The van der Waals surface area contributed by atoms with Crippen LogP contribution in [0.3, 0.4) is 0 Å². The molecule has 1 aliphatic rings. The molecular formula is C22H24INO4. The predicted molar refractivity (Wildman–Crippen MR) is 116 cm³/mol. The van der Waals surface area contributed by atoms with Gasteiger partial charge in [0, 0.05) is 22.4 Å². The van der Waals surface area contributed by atoms with E-state index in [1.165, 1.54) is 0 Å². The highest BCUT2D eigenvalue weighted by atomic mass is 127. The topological polar surface area (TPSA) is 59.0 Å². The Morgan fingerprint density at radius 2 is 1.79 bits per heavy atom. The molecule has 0 fully saturated rings. The van der Waals surface area contributed by atoms with E-state index in [-0.39, 0.29) is 6.04 Å². The van der Waals surface area contributed by atoms with Crippen LogP contribution in [0.1, 0.15) is 24.8 Å². The van der Waals surface area contributed by atoms with Crippen LogP contribution in [-0.4, -0.2) is 34.9 Å². The lowest BCUT2D eigenvalue weighted by Gasteiger charge is -2.34. The highest BCUT2D eigenvalue weighted by molar-refractivity contribution is 14.1. The minimum absolute atomic E-state index is 0.120. The van der Waals surface area contributed by atoms with E-state index in [1.54, 1.807) is 23.2 Å². The lowest BCUT2D eigenvalue weighted by atomic mass is 10.00. The van der Waals surface area contributed by atoms with Crippen molar-refractivity contribution >= 4 is 28.7 Å². The van der Waals surface area contributed by atoms with Gasteiger partial charge in [-0.3, -0.25) is 4.90 Å². The first-order valence-electron chi connectivity index (χ1n) is 9.35. The molecule has 3 rings (SSSR count). The van der Waals surface area contributed by atoms with Gasteiger partial charge in [-0.15, -0.1) is 0 Å². The summed E-state index contributed by atoms with van der Waals surface area (Å²) < 4.78 is 12.0. The molecule has 2 aromatic rings. The number of nitrogens with zero attached hydrogens (tertiary/aromatic N) is 1. The fourth-order valence-corrected chi connectivity index (χ4v) is 3.65. The Bertz CT molecular complexity index is 782. The molecule has 0 bridgehead atoms. The van der Waals surface area contributed by atoms with Gasteiger partial charge in [-0.2, -0.15) is 0 Å². The molecule has 5 nitrogen and oxygen atoms in total. The number of aliphatic hydroxyl groups excluding tert-OH is 1. The van der Waals surface area contributed by atoms with Crippen molar-refractivity contribution < 1.29 is 19.4 Å². The highest BCUT2D eigenvalue weighted by Gasteiger charge is 2.31. The summed E-state index contributed by atoms with van der Waals surface area (Å²) in [5.41, 5.74) is 1.14. The van der Waals surface area contributed by atoms with Crippen LogP contribution in [0.2, 0.25) is 0 Å². The van der Waals surface area contributed by atoms with E-state index in [4.69, 9.17) is 9.47 Å². The number of rotatable bonds is 7. The molecule has 0 aliphatic carbocycles. The van der Waals surface area contributed by atoms with Gasteiger partial charge in [-0.1, -0.05) is 48.5 Å². The molecule has 0 saturated carbocycles. The molecular weight excluding hydrogens is 469 g/mol. The zero-order valence-electron chi connectivity index (χ0n) is 15.5. The van der Waals surface area contributed by atoms with Gasteiger partial charge in [-0.05, 0) is 59.5 Å². The van der Waals surface area contributed by atoms with Gasteiger partial charge in [0.1, 0.15) is 5.75 Å². The number of aliphatic hydroxyl groups is 1. The van der Waals surface area contributed by atoms with Crippen molar-refractivity contribution in [3.63, 3.8) is 0 Å². The fourth-order valence-electron chi connectivity index (χ4n) is 3.09. The summed E-state index contributed by atoms with van der Waals surface area (Å²) in [4.78, 5) is 14.2. The number of benzene rings is 2. The number of ether oxygens (including phenoxy) is 2. The third-order valence-corrected chi connectivity index (χ3v) is 5.56. The van der Waals surface area contributed by atoms with E-state index in [9.17, 15) is 9.90 Å². The van der Waals surface area contributed by atoms with Gasteiger partial charge in [0.15, 0.2) is 0 Å². The SMILES string of the molecule is O=C(Oc1ccccc1)N1C=C(I)[C@H](O)C[C@@H]1CCCOCc1ccccc1. The molecule has 0 spiro atoms. The summed E-state index contributed by atoms with van der Waals surface area (Å²) in [6.45, 7) is 1.18. The van der Waals surface area contributed by atoms with Gasteiger partial charge in [0.2, 0.25) is 0 Å². The smallest absolute Gasteiger partial charge is 0.410 e. The van der Waals surface area contributed by atoms with Crippen LogP contribution in [0, 0.1) is 0 Å². The number of hydrogen-bond donors (Lipinski definition) is 1. The number of para-hydroxylation sites is 1. The Morgan fingerprint density at radius 1 is 1.11 bits per heavy atom. The van der Waals surface area contributed by atoms with Crippen LogP contribution in [0.25, 0.3) is 0 Å². The first-order valence-corrected chi connectivity index (χ1v) is 10.4. The third kappa shape index (κ3) is 6.05. The predicted octanol–water partition coefficient (Wildman–Crippen LogP) is 4.89. The second kappa shape index (κ2) is 10.6. The molecule has 28 heavy (non-hydrogen) atoms. The molecule has 1 N–H and O–H groups in total. The van der Waals surface area contributed by atoms with Crippen molar-refractivity contribution in [3.8, 4) is 5.75 Å². The maximum Gasteiger partial charge on any atom is 0.419 e. The van der Waals surface area contributed by atoms with Crippen LogP contribution < -0.4 is 4.74 Å². The molecule has 6 heteroatoms. The number of carbonyl (C=O) groups is 1. The minimum atomic E-state index is -0.545. The second-order valence-corrected chi connectivity index (χ2v) is 7.93. The Labute approximate surface area is 179 Å². The Hall–Kier alpha value is -1.90. The van der Waals surface area contributed by atoms with Gasteiger partial charge in [-0.25, -0.2) is 4.79 Å². The number of hydrogen-bond acceptors (Lipinski definition) is 4. The molecule has 1 heterocycles. The van der Waals surface area contributed by atoms with Crippen LogP contribution in [0.5, 0.6) is 5.75 Å². The quantitative estimate of drug-likeness (QED) is 0.441. The monoisotopic (exact) mass is 493 g/mol. The molecule has 1 aliphatic heterocycles. The van der Waals surface area contributed by atoms with Gasteiger partial charge >= 0.3 is 6.09 Å². The number of amides is 1. The van der Waals surface area contributed by atoms with Crippen molar-refractivity contribution in [1.29, 1.82) is 0 Å². The van der Waals surface area contributed by atoms with Gasteiger partial charge < -0.3 is 14.6 Å². The summed E-state index contributed by atoms with van der Waals surface area (Å²) in [5, 5.41) is 10.2. The molecule has 2 atom stereocenters. The average molecular weight is 493 g/mol. The van der Waals surface area contributed by atoms with Crippen molar-refractivity contribution in [2.45, 2.75) is 38.0 Å². The third-order valence-electron chi connectivity index (χ3n) is 4.57. The van der Waals surface area contributed by atoms with Crippen molar-refractivity contribution in [2.24, 2.45) is 0 Å². The van der Waals surface area contributed by atoms with E-state index in [0.29, 0.717) is 25.4 Å². The van der Waals surface area contributed by atoms with E-state index in [1.807, 2.05) is 48.5 Å². The maximum atomic E-state index is 12.6. The van der Waals surface area contributed by atoms with Gasteiger partial charge in [0.05, 0.1) is 12.7 Å².